The van der Waals surface area contributed by atoms with E-state index in [4.69, 9.17) is 0 Å². The molecule has 0 spiro atoms. The minimum absolute atomic E-state index is 0.346. The molecule has 3 nitrogen and oxygen atoms in total. The summed E-state index contributed by atoms with van der Waals surface area (Å²) < 4.78 is 22.9. The molecular formula is C15H23NO2S. The molecule has 0 heterocycles. The van der Waals surface area contributed by atoms with Crippen LogP contribution in [0.5, 0.6) is 0 Å². The van der Waals surface area contributed by atoms with Crippen molar-refractivity contribution >= 4 is 9.84 Å². The Morgan fingerprint density at radius 2 is 1.89 bits per heavy atom. The summed E-state index contributed by atoms with van der Waals surface area (Å²) in [5, 5.41) is 3.49. The van der Waals surface area contributed by atoms with E-state index in [1.54, 1.807) is 12.1 Å². The molecule has 0 aliphatic heterocycles. The van der Waals surface area contributed by atoms with Gasteiger partial charge in [0.2, 0.25) is 0 Å². The van der Waals surface area contributed by atoms with Crippen LogP contribution in [0.4, 0.5) is 0 Å². The smallest absolute Gasteiger partial charge is 0.175 e. The van der Waals surface area contributed by atoms with Crippen LogP contribution in [0, 0.1) is 5.92 Å². The number of nitrogens with one attached hydrogen (secondary N) is 1. The first-order valence-electron chi connectivity index (χ1n) is 7.04. The van der Waals surface area contributed by atoms with Crippen molar-refractivity contribution in [3.8, 4) is 0 Å². The van der Waals surface area contributed by atoms with Gasteiger partial charge in [-0.1, -0.05) is 31.9 Å². The third-order valence-electron chi connectivity index (χ3n) is 3.72. The molecule has 0 bridgehead atoms. The van der Waals surface area contributed by atoms with Crippen molar-refractivity contribution in [2.45, 2.75) is 43.5 Å². The maximum atomic E-state index is 11.4. The second-order valence-corrected chi connectivity index (χ2v) is 7.49. The van der Waals surface area contributed by atoms with E-state index in [-0.39, 0.29) is 0 Å². The highest BCUT2D eigenvalue weighted by molar-refractivity contribution is 7.90. The van der Waals surface area contributed by atoms with Gasteiger partial charge >= 0.3 is 0 Å². The number of benzene rings is 1. The molecule has 1 aliphatic rings. The maximum absolute atomic E-state index is 11.4. The Labute approximate surface area is 116 Å². The number of hydrogen-bond donors (Lipinski definition) is 1. The summed E-state index contributed by atoms with van der Waals surface area (Å²) in [6.45, 7) is 3.04. The second-order valence-electron chi connectivity index (χ2n) is 5.47. The zero-order valence-corrected chi connectivity index (χ0v) is 12.5. The molecule has 0 radical (unpaired) electrons. The summed E-state index contributed by atoms with van der Waals surface area (Å²) in [6, 6.07) is 7.66. The van der Waals surface area contributed by atoms with Crippen LogP contribution in [0.15, 0.2) is 29.2 Å². The zero-order valence-electron chi connectivity index (χ0n) is 11.7. The van der Waals surface area contributed by atoms with E-state index >= 15 is 0 Å². The van der Waals surface area contributed by atoms with Crippen LogP contribution in [0.25, 0.3) is 0 Å². The zero-order chi connectivity index (χ0) is 13.9. The largest absolute Gasteiger partial charge is 0.310 e. The molecule has 19 heavy (non-hydrogen) atoms. The van der Waals surface area contributed by atoms with Crippen molar-refractivity contribution < 1.29 is 8.42 Å². The summed E-state index contributed by atoms with van der Waals surface area (Å²) in [5.41, 5.74) is 1.19. The van der Waals surface area contributed by atoms with Gasteiger partial charge < -0.3 is 5.32 Å². The summed E-state index contributed by atoms with van der Waals surface area (Å²) in [5.74, 6) is 0.927. The van der Waals surface area contributed by atoms with E-state index in [9.17, 15) is 8.42 Å². The van der Waals surface area contributed by atoms with Gasteiger partial charge in [0.15, 0.2) is 9.84 Å². The molecule has 0 amide bonds. The SMILES string of the molecule is CCNC(CCC1CC1)c1ccc(S(C)(=O)=O)cc1. The molecule has 1 atom stereocenters. The number of hydrogen-bond acceptors (Lipinski definition) is 3. The van der Waals surface area contributed by atoms with Gasteiger partial charge in [0.25, 0.3) is 0 Å². The Hall–Kier alpha value is -0.870. The van der Waals surface area contributed by atoms with Crippen molar-refractivity contribution in [2.75, 3.05) is 12.8 Å². The third kappa shape index (κ3) is 4.32. The van der Waals surface area contributed by atoms with Crippen molar-refractivity contribution in [3.63, 3.8) is 0 Å². The van der Waals surface area contributed by atoms with Crippen LogP contribution >= 0.6 is 0 Å². The molecule has 2 rings (SSSR count). The summed E-state index contributed by atoms with van der Waals surface area (Å²) in [7, 11) is -3.09. The average Bonchev–Trinajstić information content (AvgIpc) is 3.17. The van der Waals surface area contributed by atoms with E-state index in [0.29, 0.717) is 10.9 Å². The highest BCUT2D eigenvalue weighted by Gasteiger charge is 2.23. The van der Waals surface area contributed by atoms with Gasteiger partial charge in [-0.2, -0.15) is 0 Å². The predicted molar refractivity (Wildman–Crippen MR) is 77.9 cm³/mol. The standard InChI is InChI=1S/C15H23NO2S/c1-3-16-15(11-6-12-4-5-12)13-7-9-14(10-8-13)19(2,17)18/h7-10,12,15-16H,3-6,11H2,1-2H3. The average molecular weight is 281 g/mol. The topological polar surface area (TPSA) is 46.2 Å². The summed E-state index contributed by atoms with van der Waals surface area (Å²) >= 11 is 0. The fraction of sp³-hybridized carbons (Fsp3) is 0.600. The quantitative estimate of drug-likeness (QED) is 0.836. The minimum Gasteiger partial charge on any atom is -0.310 e. The van der Waals surface area contributed by atoms with Gasteiger partial charge in [-0.25, -0.2) is 8.42 Å². The Kier molecular flexibility index (Phi) is 4.63. The van der Waals surface area contributed by atoms with Gasteiger partial charge in [-0.3, -0.25) is 0 Å². The van der Waals surface area contributed by atoms with Crippen LogP contribution in [0.2, 0.25) is 0 Å². The van der Waals surface area contributed by atoms with Crippen LogP contribution in [-0.4, -0.2) is 21.2 Å². The van der Waals surface area contributed by atoms with Crippen molar-refractivity contribution in [2.24, 2.45) is 5.92 Å². The fourth-order valence-corrected chi connectivity index (χ4v) is 3.02. The van der Waals surface area contributed by atoms with Crippen molar-refractivity contribution in [1.82, 2.24) is 5.32 Å². The van der Waals surface area contributed by atoms with E-state index in [1.165, 1.54) is 31.1 Å². The van der Waals surface area contributed by atoms with E-state index < -0.39 is 9.84 Å². The molecule has 0 aromatic heterocycles. The highest BCUT2D eigenvalue weighted by atomic mass is 32.2. The van der Waals surface area contributed by atoms with Crippen LogP contribution in [0.3, 0.4) is 0 Å². The lowest BCUT2D eigenvalue weighted by molar-refractivity contribution is 0.481. The first-order chi connectivity index (χ1) is 9.00. The molecule has 1 N–H and O–H groups in total. The lowest BCUT2D eigenvalue weighted by atomic mass is 10.0. The van der Waals surface area contributed by atoms with Crippen LogP contribution in [0.1, 0.15) is 44.2 Å². The van der Waals surface area contributed by atoms with Gasteiger partial charge in [0.05, 0.1) is 4.90 Å². The number of rotatable bonds is 7. The summed E-state index contributed by atoms with van der Waals surface area (Å²) in [4.78, 5) is 0.397. The Morgan fingerprint density at radius 3 is 2.37 bits per heavy atom. The van der Waals surface area contributed by atoms with E-state index in [1.807, 2.05) is 12.1 Å². The van der Waals surface area contributed by atoms with Gasteiger partial charge in [-0.15, -0.1) is 0 Å². The van der Waals surface area contributed by atoms with E-state index in [2.05, 4.69) is 12.2 Å². The normalized spacial score (nSPS) is 17.4. The Balaban J connectivity index is 2.07. The first kappa shape index (κ1) is 14.5. The van der Waals surface area contributed by atoms with Gasteiger partial charge in [0.1, 0.15) is 0 Å². The number of sulfone groups is 1. The third-order valence-corrected chi connectivity index (χ3v) is 4.85. The maximum Gasteiger partial charge on any atom is 0.175 e. The molecule has 1 unspecified atom stereocenters. The lowest BCUT2D eigenvalue weighted by Crippen LogP contribution is -2.21. The molecule has 0 saturated heterocycles. The minimum atomic E-state index is -3.09. The van der Waals surface area contributed by atoms with Crippen LogP contribution < -0.4 is 5.32 Å². The molecule has 1 aliphatic carbocycles. The highest BCUT2D eigenvalue weighted by Crippen LogP contribution is 2.36. The molecule has 1 aromatic carbocycles. The van der Waals surface area contributed by atoms with Gasteiger partial charge in [0, 0.05) is 12.3 Å². The Bertz CT molecular complexity index is 503. The molecule has 1 fully saturated rings. The molecule has 106 valence electrons. The molecular weight excluding hydrogens is 258 g/mol. The monoisotopic (exact) mass is 281 g/mol. The lowest BCUT2D eigenvalue weighted by Gasteiger charge is -2.18. The first-order valence-corrected chi connectivity index (χ1v) is 8.93. The fourth-order valence-electron chi connectivity index (χ4n) is 2.39. The second kappa shape index (κ2) is 6.06. The Morgan fingerprint density at radius 1 is 1.26 bits per heavy atom. The van der Waals surface area contributed by atoms with Crippen molar-refractivity contribution in [3.05, 3.63) is 29.8 Å². The molecule has 1 aromatic rings. The molecule has 1 saturated carbocycles. The van der Waals surface area contributed by atoms with Crippen molar-refractivity contribution in [1.29, 1.82) is 0 Å². The van der Waals surface area contributed by atoms with E-state index in [0.717, 1.165) is 18.9 Å². The van der Waals surface area contributed by atoms with Gasteiger partial charge in [-0.05, 0) is 43.0 Å². The molecule has 4 heteroatoms. The summed E-state index contributed by atoms with van der Waals surface area (Å²) in [6.07, 6.45) is 6.41. The van der Waals surface area contributed by atoms with Crippen LogP contribution in [-0.2, 0) is 9.84 Å². The predicted octanol–water partition coefficient (Wildman–Crippen LogP) is 2.93.